The number of ether oxygens (including phenoxy) is 1. The Morgan fingerprint density at radius 2 is 1.82 bits per heavy atom. The lowest BCUT2D eigenvalue weighted by Gasteiger charge is -2.22. The average Bonchev–Trinajstić information content (AvgIpc) is 3.18. The maximum atomic E-state index is 11.8. The van der Waals surface area contributed by atoms with Gasteiger partial charge >= 0.3 is 0 Å². The predicted molar refractivity (Wildman–Crippen MR) is 128 cm³/mol. The highest BCUT2D eigenvalue weighted by molar-refractivity contribution is 7.90. The minimum Gasteiger partial charge on any atom is -0.489 e. The van der Waals surface area contributed by atoms with Crippen LogP contribution in [0.4, 0.5) is 0 Å². The lowest BCUT2D eigenvalue weighted by molar-refractivity contribution is -0.119. The molecule has 1 unspecified atom stereocenters. The van der Waals surface area contributed by atoms with Crippen molar-refractivity contribution < 1.29 is 17.9 Å². The van der Waals surface area contributed by atoms with E-state index in [0.29, 0.717) is 12.4 Å². The number of hydrogen-bond donors (Lipinski definition) is 1. The highest BCUT2D eigenvalue weighted by Gasteiger charge is 2.30. The van der Waals surface area contributed by atoms with Crippen molar-refractivity contribution in [2.45, 2.75) is 18.9 Å². The van der Waals surface area contributed by atoms with Gasteiger partial charge in [0.1, 0.15) is 12.4 Å². The number of aryl methyl sites for hydroxylation is 1. The fourth-order valence-corrected chi connectivity index (χ4v) is 5.76. The van der Waals surface area contributed by atoms with Gasteiger partial charge < -0.3 is 9.30 Å². The molecule has 0 aliphatic carbocycles. The molecule has 0 bridgehead atoms. The first-order valence-electron chi connectivity index (χ1n) is 10.8. The normalized spacial score (nSPS) is 17.6. The van der Waals surface area contributed by atoms with Gasteiger partial charge in [-0.15, -0.1) is 0 Å². The summed E-state index contributed by atoms with van der Waals surface area (Å²) in [6.07, 6.45) is 2.24. The molecule has 5 rings (SSSR count). The van der Waals surface area contributed by atoms with E-state index in [1.807, 2.05) is 48.2 Å². The number of rotatable bonds is 5. The molecule has 1 atom stereocenters. The Balaban J connectivity index is 1.30. The Bertz CT molecular complexity index is 1440. The molecule has 1 aliphatic rings. The molecule has 0 radical (unpaired) electrons. The van der Waals surface area contributed by atoms with E-state index in [1.54, 1.807) is 0 Å². The van der Waals surface area contributed by atoms with E-state index >= 15 is 0 Å². The van der Waals surface area contributed by atoms with Crippen LogP contribution in [0.3, 0.4) is 0 Å². The number of hydrogen-bond acceptors (Lipinski definition) is 4. The third-order valence-electron chi connectivity index (χ3n) is 6.04. The highest BCUT2D eigenvalue weighted by atomic mass is 32.2. The van der Waals surface area contributed by atoms with Gasteiger partial charge in [0.2, 0.25) is 15.9 Å². The summed E-state index contributed by atoms with van der Waals surface area (Å²) in [5, 5.41) is 1.21. The summed E-state index contributed by atoms with van der Waals surface area (Å²) in [6, 6.07) is 24.1. The minimum absolute atomic E-state index is 0.0834. The number of carbonyl (C=O) groups is 1. The van der Waals surface area contributed by atoms with Crippen molar-refractivity contribution in [3.8, 4) is 16.9 Å². The summed E-state index contributed by atoms with van der Waals surface area (Å²) in [7, 11) is -1.51. The monoisotopic (exact) mass is 460 g/mol. The van der Waals surface area contributed by atoms with Gasteiger partial charge in [0, 0.05) is 36.5 Å². The van der Waals surface area contributed by atoms with Crippen LogP contribution in [0.25, 0.3) is 22.0 Å². The topological polar surface area (TPSA) is 77.4 Å². The van der Waals surface area contributed by atoms with E-state index in [9.17, 15) is 13.2 Å². The molecule has 7 heteroatoms. The average molecular weight is 461 g/mol. The Morgan fingerprint density at radius 1 is 1.03 bits per heavy atom. The molecule has 1 aliphatic heterocycles. The van der Waals surface area contributed by atoms with E-state index < -0.39 is 15.9 Å². The second-order valence-corrected chi connectivity index (χ2v) is 10.2. The molecule has 0 spiro atoms. The summed E-state index contributed by atoms with van der Waals surface area (Å²) in [4.78, 5) is 11.7. The van der Waals surface area contributed by atoms with Crippen molar-refractivity contribution in [3.05, 3.63) is 90.1 Å². The van der Waals surface area contributed by atoms with Crippen molar-refractivity contribution in [1.82, 2.24) is 9.29 Å². The molecule has 4 aromatic rings. The standard InChI is InChI=1S/C26H24N2O4S/c1-28-13-12-24-23(6-3-7-25(24)28)20-5-2-4-18(14-20)16-32-22-10-8-19(9-11-22)21-15-26(29)27-33(30,31)17-21/h2-14,21H,15-17H2,1H3,(H,27,29). The molecule has 168 valence electrons. The highest BCUT2D eigenvalue weighted by Crippen LogP contribution is 2.30. The number of carbonyl (C=O) groups excluding carboxylic acids is 1. The van der Waals surface area contributed by atoms with Crippen molar-refractivity contribution in [1.29, 1.82) is 0 Å². The van der Waals surface area contributed by atoms with E-state index in [4.69, 9.17) is 4.74 Å². The van der Waals surface area contributed by atoms with Crippen LogP contribution < -0.4 is 9.46 Å². The third-order valence-corrected chi connectivity index (χ3v) is 7.42. The predicted octanol–water partition coefficient (Wildman–Crippen LogP) is 4.36. The zero-order valence-electron chi connectivity index (χ0n) is 18.2. The van der Waals surface area contributed by atoms with Crippen LogP contribution in [0.1, 0.15) is 23.5 Å². The number of nitrogens with zero attached hydrogens (tertiary/aromatic N) is 1. The zero-order valence-corrected chi connectivity index (χ0v) is 19.0. The van der Waals surface area contributed by atoms with Crippen molar-refractivity contribution >= 4 is 26.8 Å². The minimum atomic E-state index is -3.56. The third kappa shape index (κ3) is 4.50. The second-order valence-electron chi connectivity index (χ2n) is 8.43. The maximum absolute atomic E-state index is 11.8. The first-order chi connectivity index (χ1) is 15.9. The van der Waals surface area contributed by atoms with Crippen molar-refractivity contribution in [2.24, 2.45) is 7.05 Å². The molecule has 33 heavy (non-hydrogen) atoms. The summed E-state index contributed by atoms with van der Waals surface area (Å²) < 4.78 is 33.8. The number of aromatic nitrogens is 1. The quantitative estimate of drug-likeness (QED) is 0.480. The molecular formula is C26H24N2O4S. The number of amides is 1. The van der Waals surface area contributed by atoms with Gasteiger partial charge in [0.25, 0.3) is 0 Å². The van der Waals surface area contributed by atoms with E-state index in [1.165, 1.54) is 16.5 Å². The molecule has 1 N–H and O–H groups in total. The molecule has 1 saturated heterocycles. The first kappa shape index (κ1) is 21.3. The number of sulfonamides is 1. The maximum Gasteiger partial charge on any atom is 0.235 e. The molecule has 3 aromatic carbocycles. The second kappa shape index (κ2) is 8.41. The molecule has 1 amide bonds. The SMILES string of the molecule is Cn1ccc2c(-c3cccc(COc4ccc(C5CC(=O)NS(=O)(=O)C5)cc4)c3)cccc21. The van der Waals surface area contributed by atoms with Gasteiger partial charge in [-0.05, 0) is 52.6 Å². The van der Waals surface area contributed by atoms with Gasteiger partial charge in [-0.2, -0.15) is 0 Å². The summed E-state index contributed by atoms with van der Waals surface area (Å²) >= 11 is 0. The van der Waals surface area contributed by atoms with Crippen LogP contribution in [-0.4, -0.2) is 24.6 Å². The van der Waals surface area contributed by atoms with Gasteiger partial charge in [-0.25, -0.2) is 8.42 Å². The molecule has 2 heterocycles. The Labute approximate surface area is 192 Å². The number of benzene rings is 3. The van der Waals surface area contributed by atoms with Gasteiger partial charge in [0.15, 0.2) is 0 Å². The van der Waals surface area contributed by atoms with Crippen LogP contribution in [0.15, 0.2) is 79.0 Å². The van der Waals surface area contributed by atoms with Crippen LogP contribution in [0.2, 0.25) is 0 Å². The Hall–Kier alpha value is -3.58. The fraction of sp³-hybridized carbons (Fsp3) is 0.192. The number of fused-ring (bicyclic) bond motifs is 1. The smallest absolute Gasteiger partial charge is 0.235 e. The van der Waals surface area contributed by atoms with Gasteiger partial charge in [0.05, 0.1) is 5.75 Å². The van der Waals surface area contributed by atoms with E-state index in [0.717, 1.165) is 16.7 Å². The fourth-order valence-electron chi connectivity index (χ4n) is 4.40. The number of nitrogens with one attached hydrogen (secondary N) is 1. The van der Waals surface area contributed by atoms with Crippen LogP contribution >= 0.6 is 0 Å². The molecule has 1 aromatic heterocycles. The van der Waals surface area contributed by atoms with E-state index in [2.05, 4.69) is 47.2 Å². The van der Waals surface area contributed by atoms with Crippen LogP contribution in [-0.2, 0) is 28.5 Å². The largest absolute Gasteiger partial charge is 0.489 e. The van der Waals surface area contributed by atoms with Crippen LogP contribution in [0.5, 0.6) is 5.75 Å². The van der Waals surface area contributed by atoms with Gasteiger partial charge in [-0.1, -0.05) is 42.5 Å². The summed E-state index contributed by atoms with van der Waals surface area (Å²) in [5.74, 6) is -0.190. The zero-order chi connectivity index (χ0) is 23.0. The lowest BCUT2D eigenvalue weighted by Crippen LogP contribution is -2.40. The van der Waals surface area contributed by atoms with Crippen molar-refractivity contribution in [2.75, 3.05) is 5.75 Å². The molecule has 1 fully saturated rings. The lowest BCUT2D eigenvalue weighted by atomic mass is 9.97. The Kier molecular flexibility index (Phi) is 5.42. The summed E-state index contributed by atoms with van der Waals surface area (Å²) in [5.41, 5.74) is 5.39. The molecule has 6 nitrogen and oxygen atoms in total. The van der Waals surface area contributed by atoms with E-state index in [-0.39, 0.29) is 18.1 Å². The first-order valence-corrected chi connectivity index (χ1v) is 12.4. The Morgan fingerprint density at radius 3 is 2.61 bits per heavy atom. The van der Waals surface area contributed by atoms with Crippen molar-refractivity contribution in [3.63, 3.8) is 0 Å². The molecular weight excluding hydrogens is 436 g/mol. The molecule has 0 saturated carbocycles. The summed E-state index contributed by atoms with van der Waals surface area (Å²) in [6.45, 7) is 0.415. The van der Waals surface area contributed by atoms with Crippen LogP contribution in [0, 0.1) is 0 Å². The van der Waals surface area contributed by atoms with Gasteiger partial charge in [-0.3, -0.25) is 9.52 Å².